The van der Waals surface area contributed by atoms with Crippen molar-refractivity contribution in [3.8, 4) is 5.75 Å². The van der Waals surface area contributed by atoms with Crippen LogP contribution in [0.1, 0.15) is 0 Å². The van der Waals surface area contributed by atoms with Gasteiger partial charge in [0.1, 0.15) is 5.75 Å². The van der Waals surface area contributed by atoms with E-state index in [9.17, 15) is 0 Å². The number of rotatable bonds is 3. The number of nitrogens with zero attached hydrogens (tertiary/aromatic N) is 2. The van der Waals surface area contributed by atoms with Crippen molar-refractivity contribution in [1.29, 1.82) is 0 Å². The van der Waals surface area contributed by atoms with Gasteiger partial charge in [0.25, 0.3) is 0 Å². The van der Waals surface area contributed by atoms with Crippen LogP contribution in [0, 0.1) is 0 Å². The molecule has 0 bridgehead atoms. The van der Waals surface area contributed by atoms with E-state index in [0.29, 0.717) is 5.69 Å². The lowest BCUT2D eigenvalue weighted by molar-refractivity contribution is 0.122. The van der Waals surface area contributed by atoms with Gasteiger partial charge in [-0.25, -0.2) is 4.99 Å². The van der Waals surface area contributed by atoms with Crippen LogP contribution in [0.15, 0.2) is 23.2 Å². The lowest BCUT2D eigenvalue weighted by Crippen LogP contribution is -2.36. The highest BCUT2D eigenvalue weighted by Gasteiger charge is 2.15. The Morgan fingerprint density at radius 3 is 2.67 bits per heavy atom. The summed E-state index contributed by atoms with van der Waals surface area (Å²) in [7, 11) is 1.64. The minimum atomic E-state index is 0.0381. The van der Waals surface area contributed by atoms with E-state index in [1.54, 1.807) is 7.11 Å². The standard InChI is InChI=1S/C12H18N4O2/c1-17-11-8-9(15-12(13)14)2-3-10(11)16-4-6-18-7-5-16/h2-3,8H,4-7H2,1H3,(H4,13,14,15). The fourth-order valence-electron chi connectivity index (χ4n) is 1.95. The van der Waals surface area contributed by atoms with E-state index in [4.69, 9.17) is 20.9 Å². The predicted octanol–water partition coefficient (Wildman–Crippen LogP) is 0.437. The van der Waals surface area contributed by atoms with Crippen LogP contribution in [0.3, 0.4) is 0 Å². The summed E-state index contributed by atoms with van der Waals surface area (Å²) >= 11 is 0. The van der Waals surface area contributed by atoms with Gasteiger partial charge < -0.3 is 25.8 Å². The monoisotopic (exact) mass is 250 g/mol. The van der Waals surface area contributed by atoms with Crippen molar-refractivity contribution in [2.24, 2.45) is 16.5 Å². The highest BCUT2D eigenvalue weighted by molar-refractivity contribution is 5.79. The topological polar surface area (TPSA) is 86.1 Å². The lowest BCUT2D eigenvalue weighted by Gasteiger charge is -2.30. The van der Waals surface area contributed by atoms with Gasteiger partial charge in [-0.05, 0) is 12.1 Å². The van der Waals surface area contributed by atoms with E-state index in [-0.39, 0.29) is 5.96 Å². The Labute approximate surface area is 106 Å². The third kappa shape index (κ3) is 2.84. The van der Waals surface area contributed by atoms with E-state index in [1.165, 1.54) is 0 Å². The Morgan fingerprint density at radius 2 is 2.06 bits per heavy atom. The molecule has 4 N–H and O–H groups in total. The summed E-state index contributed by atoms with van der Waals surface area (Å²) in [5.74, 6) is 0.801. The Balaban J connectivity index is 2.27. The summed E-state index contributed by atoms with van der Waals surface area (Å²) in [6.07, 6.45) is 0. The van der Waals surface area contributed by atoms with Gasteiger partial charge >= 0.3 is 0 Å². The van der Waals surface area contributed by atoms with E-state index in [0.717, 1.165) is 37.7 Å². The molecule has 1 aliphatic heterocycles. The number of ether oxygens (including phenoxy) is 2. The van der Waals surface area contributed by atoms with E-state index in [2.05, 4.69) is 9.89 Å². The molecule has 6 nitrogen and oxygen atoms in total. The van der Waals surface area contributed by atoms with Crippen molar-refractivity contribution < 1.29 is 9.47 Å². The number of methoxy groups -OCH3 is 1. The molecule has 18 heavy (non-hydrogen) atoms. The minimum absolute atomic E-state index is 0.0381. The molecule has 1 fully saturated rings. The highest BCUT2D eigenvalue weighted by atomic mass is 16.5. The van der Waals surface area contributed by atoms with Crippen LogP contribution in [0.2, 0.25) is 0 Å². The summed E-state index contributed by atoms with van der Waals surface area (Å²) in [5, 5.41) is 0. The van der Waals surface area contributed by atoms with Crippen molar-refractivity contribution in [2.75, 3.05) is 38.3 Å². The van der Waals surface area contributed by atoms with E-state index < -0.39 is 0 Å². The Kier molecular flexibility index (Phi) is 3.88. The Morgan fingerprint density at radius 1 is 1.33 bits per heavy atom. The first kappa shape index (κ1) is 12.5. The quantitative estimate of drug-likeness (QED) is 0.600. The highest BCUT2D eigenvalue weighted by Crippen LogP contribution is 2.32. The zero-order valence-corrected chi connectivity index (χ0v) is 10.4. The second kappa shape index (κ2) is 5.59. The molecular formula is C12H18N4O2. The molecule has 0 saturated carbocycles. The van der Waals surface area contributed by atoms with Crippen molar-refractivity contribution in [3.05, 3.63) is 18.2 Å². The van der Waals surface area contributed by atoms with Gasteiger partial charge in [0, 0.05) is 19.2 Å². The van der Waals surface area contributed by atoms with Crippen molar-refractivity contribution in [2.45, 2.75) is 0 Å². The van der Waals surface area contributed by atoms with Crippen LogP contribution in [-0.2, 0) is 4.74 Å². The maximum absolute atomic E-state index is 5.39. The molecule has 0 aromatic heterocycles. The van der Waals surface area contributed by atoms with Gasteiger partial charge in [-0.15, -0.1) is 0 Å². The third-order valence-corrected chi connectivity index (χ3v) is 2.77. The number of nitrogens with two attached hydrogens (primary N) is 2. The predicted molar refractivity (Wildman–Crippen MR) is 71.5 cm³/mol. The molecule has 0 spiro atoms. The number of hydrogen-bond acceptors (Lipinski definition) is 4. The molecule has 6 heteroatoms. The summed E-state index contributed by atoms with van der Waals surface area (Å²) < 4.78 is 10.7. The van der Waals surface area contributed by atoms with Gasteiger partial charge in [0.15, 0.2) is 5.96 Å². The van der Waals surface area contributed by atoms with Gasteiger partial charge in [0.05, 0.1) is 31.7 Å². The molecule has 0 unspecified atom stereocenters. The van der Waals surface area contributed by atoms with E-state index in [1.807, 2.05) is 18.2 Å². The molecular weight excluding hydrogens is 232 g/mol. The Bertz CT molecular complexity index is 438. The number of aliphatic imine (C=N–C) groups is 1. The fourth-order valence-corrected chi connectivity index (χ4v) is 1.95. The maximum atomic E-state index is 5.39. The molecule has 1 aromatic rings. The first-order valence-corrected chi connectivity index (χ1v) is 5.81. The number of benzene rings is 1. The average Bonchev–Trinajstić information content (AvgIpc) is 2.39. The first-order valence-electron chi connectivity index (χ1n) is 5.81. The Hall–Kier alpha value is -1.95. The zero-order valence-electron chi connectivity index (χ0n) is 10.4. The number of guanidine groups is 1. The minimum Gasteiger partial charge on any atom is -0.495 e. The van der Waals surface area contributed by atoms with Gasteiger partial charge in [-0.1, -0.05) is 0 Å². The second-order valence-corrected chi connectivity index (χ2v) is 3.99. The number of hydrogen-bond donors (Lipinski definition) is 2. The third-order valence-electron chi connectivity index (χ3n) is 2.77. The molecule has 1 aromatic carbocycles. The van der Waals surface area contributed by atoms with Crippen LogP contribution >= 0.6 is 0 Å². The van der Waals surface area contributed by atoms with Gasteiger partial charge in [-0.2, -0.15) is 0 Å². The van der Waals surface area contributed by atoms with Gasteiger partial charge in [-0.3, -0.25) is 0 Å². The van der Waals surface area contributed by atoms with Crippen molar-refractivity contribution in [3.63, 3.8) is 0 Å². The summed E-state index contributed by atoms with van der Waals surface area (Å²) in [4.78, 5) is 6.23. The van der Waals surface area contributed by atoms with Crippen molar-refractivity contribution >= 4 is 17.3 Å². The van der Waals surface area contributed by atoms with Crippen LogP contribution in [0.5, 0.6) is 5.75 Å². The summed E-state index contributed by atoms with van der Waals surface area (Å²) in [6.45, 7) is 3.19. The molecule has 98 valence electrons. The molecule has 1 saturated heterocycles. The fraction of sp³-hybridized carbons (Fsp3) is 0.417. The first-order chi connectivity index (χ1) is 8.70. The SMILES string of the molecule is COc1cc(N=C(N)N)ccc1N1CCOCC1. The van der Waals surface area contributed by atoms with Crippen LogP contribution in [0.4, 0.5) is 11.4 Å². The molecule has 1 heterocycles. The van der Waals surface area contributed by atoms with Crippen molar-refractivity contribution in [1.82, 2.24) is 0 Å². The van der Waals surface area contributed by atoms with E-state index >= 15 is 0 Å². The number of anilines is 1. The zero-order chi connectivity index (χ0) is 13.0. The normalized spacial score (nSPS) is 15.3. The molecule has 0 amide bonds. The maximum Gasteiger partial charge on any atom is 0.191 e. The van der Waals surface area contributed by atoms with Crippen LogP contribution in [-0.4, -0.2) is 39.4 Å². The van der Waals surface area contributed by atoms with Crippen LogP contribution in [0.25, 0.3) is 0 Å². The second-order valence-electron chi connectivity index (χ2n) is 3.99. The molecule has 0 radical (unpaired) electrons. The largest absolute Gasteiger partial charge is 0.495 e. The number of morpholine rings is 1. The summed E-state index contributed by atoms with van der Waals surface area (Å²) in [5.41, 5.74) is 12.4. The smallest absolute Gasteiger partial charge is 0.191 e. The molecule has 0 atom stereocenters. The average molecular weight is 250 g/mol. The molecule has 2 rings (SSSR count). The van der Waals surface area contributed by atoms with Gasteiger partial charge in [0.2, 0.25) is 0 Å². The summed E-state index contributed by atoms with van der Waals surface area (Å²) in [6, 6.07) is 5.66. The lowest BCUT2D eigenvalue weighted by atomic mass is 10.2. The molecule has 1 aliphatic rings. The molecule has 0 aliphatic carbocycles. The van der Waals surface area contributed by atoms with Crippen LogP contribution < -0.4 is 21.1 Å².